The van der Waals surface area contributed by atoms with Crippen LogP contribution in [0.5, 0.6) is 0 Å². The Hall–Kier alpha value is -1.30. The van der Waals surface area contributed by atoms with Crippen LogP contribution in [0.3, 0.4) is 0 Å². The second-order valence-corrected chi connectivity index (χ2v) is 7.42. The van der Waals surface area contributed by atoms with Gasteiger partial charge in [-0.3, -0.25) is 14.7 Å². The summed E-state index contributed by atoms with van der Waals surface area (Å²) in [6, 6.07) is 0. The minimum atomic E-state index is 0.190. The molecule has 25 heavy (non-hydrogen) atoms. The molecule has 144 valence electrons. The number of unbranched alkanes of at least 4 members (excludes halogenated alkanes) is 1. The molecule has 0 radical (unpaired) electrons. The van der Waals surface area contributed by atoms with Crippen LogP contribution in [0, 0.1) is 5.92 Å². The summed E-state index contributed by atoms with van der Waals surface area (Å²) in [4.78, 5) is 20.0. The van der Waals surface area contributed by atoms with Gasteiger partial charge in [-0.15, -0.1) is 0 Å². The Balaban J connectivity index is 1.48. The SMILES string of the molecule is CN=C(NCCCCC1CCCC1)NCCN1CCN(C(C)=O)CC1. The first-order chi connectivity index (χ1) is 12.2. The number of hydrogen-bond acceptors (Lipinski definition) is 3. The molecular formula is C19H37N5O. The first-order valence-corrected chi connectivity index (χ1v) is 10.1. The molecular weight excluding hydrogens is 314 g/mol. The fourth-order valence-electron chi connectivity index (χ4n) is 3.90. The van der Waals surface area contributed by atoms with Gasteiger partial charge in [-0.2, -0.15) is 0 Å². The third-order valence-electron chi connectivity index (χ3n) is 5.57. The number of carbonyl (C=O) groups is 1. The van der Waals surface area contributed by atoms with Gasteiger partial charge < -0.3 is 15.5 Å². The molecule has 0 atom stereocenters. The number of carbonyl (C=O) groups excluding carboxylic acids is 1. The molecule has 0 aromatic carbocycles. The van der Waals surface area contributed by atoms with E-state index in [4.69, 9.17) is 0 Å². The zero-order valence-corrected chi connectivity index (χ0v) is 16.2. The second kappa shape index (κ2) is 11.3. The zero-order valence-electron chi connectivity index (χ0n) is 16.2. The summed E-state index contributed by atoms with van der Waals surface area (Å²) >= 11 is 0. The summed E-state index contributed by atoms with van der Waals surface area (Å²) in [5, 5.41) is 6.82. The van der Waals surface area contributed by atoms with Gasteiger partial charge in [0.05, 0.1) is 0 Å². The Kier molecular flexibility index (Phi) is 9.08. The van der Waals surface area contributed by atoms with Gasteiger partial charge in [0.2, 0.25) is 5.91 Å². The number of nitrogens with zero attached hydrogens (tertiary/aromatic N) is 3. The first kappa shape index (κ1) is 20.0. The van der Waals surface area contributed by atoms with Gasteiger partial charge in [0.25, 0.3) is 0 Å². The predicted molar refractivity (Wildman–Crippen MR) is 104 cm³/mol. The molecule has 6 heteroatoms. The average Bonchev–Trinajstić information content (AvgIpc) is 3.13. The minimum Gasteiger partial charge on any atom is -0.356 e. The number of guanidine groups is 1. The molecule has 1 aliphatic heterocycles. The lowest BCUT2D eigenvalue weighted by molar-refractivity contribution is -0.130. The van der Waals surface area contributed by atoms with Gasteiger partial charge in [-0.25, -0.2) is 0 Å². The van der Waals surface area contributed by atoms with Gasteiger partial charge in [-0.1, -0.05) is 38.5 Å². The molecule has 2 fully saturated rings. The van der Waals surface area contributed by atoms with Crippen molar-refractivity contribution in [2.24, 2.45) is 10.9 Å². The molecule has 0 bridgehead atoms. The Labute approximate surface area is 153 Å². The van der Waals surface area contributed by atoms with Crippen molar-refractivity contribution in [2.75, 3.05) is 52.9 Å². The van der Waals surface area contributed by atoms with Gasteiger partial charge in [0, 0.05) is 59.8 Å². The van der Waals surface area contributed by atoms with Gasteiger partial charge >= 0.3 is 0 Å². The molecule has 2 aliphatic rings. The summed E-state index contributed by atoms with van der Waals surface area (Å²) in [5.41, 5.74) is 0. The van der Waals surface area contributed by atoms with Crippen LogP contribution < -0.4 is 10.6 Å². The molecule has 0 aromatic rings. The van der Waals surface area contributed by atoms with E-state index >= 15 is 0 Å². The van der Waals surface area contributed by atoms with E-state index < -0.39 is 0 Å². The number of hydrogen-bond donors (Lipinski definition) is 2. The average molecular weight is 352 g/mol. The maximum absolute atomic E-state index is 11.3. The molecule has 0 aromatic heterocycles. The Morgan fingerprint density at radius 2 is 1.72 bits per heavy atom. The molecule has 2 N–H and O–H groups in total. The van der Waals surface area contributed by atoms with E-state index in [1.807, 2.05) is 11.9 Å². The molecule has 1 saturated heterocycles. The number of aliphatic imine (C=N–C) groups is 1. The highest BCUT2D eigenvalue weighted by atomic mass is 16.2. The lowest BCUT2D eigenvalue weighted by Gasteiger charge is -2.34. The van der Waals surface area contributed by atoms with E-state index in [2.05, 4.69) is 20.5 Å². The molecule has 2 rings (SSSR count). The topological polar surface area (TPSA) is 60.0 Å². The monoisotopic (exact) mass is 351 g/mol. The number of rotatable bonds is 8. The summed E-state index contributed by atoms with van der Waals surface area (Å²) < 4.78 is 0. The molecule has 1 aliphatic carbocycles. The van der Waals surface area contributed by atoms with E-state index in [1.165, 1.54) is 44.9 Å². The Morgan fingerprint density at radius 1 is 1.04 bits per heavy atom. The van der Waals surface area contributed by atoms with Crippen molar-refractivity contribution in [1.29, 1.82) is 0 Å². The maximum atomic E-state index is 11.3. The van der Waals surface area contributed by atoms with Crippen molar-refractivity contribution in [3.05, 3.63) is 0 Å². The normalized spacial score (nSPS) is 20.1. The number of nitrogens with one attached hydrogen (secondary N) is 2. The highest BCUT2D eigenvalue weighted by molar-refractivity contribution is 5.79. The first-order valence-electron chi connectivity index (χ1n) is 10.1. The van der Waals surface area contributed by atoms with Gasteiger partial charge in [0.1, 0.15) is 0 Å². The highest BCUT2D eigenvalue weighted by Gasteiger charge is 2.18. The molecule has 0 spiro atoms. The van der Waals surface area contributed by atoms with Crippen molar-refractivity contribution in [3.63, 3.8) is 0 Å². The standard InChI is InChI=1S/C19H37N5O/c1-17(25)24-15-13-23(14-16-24)12-11-22-19(20-2)21-10-6-5-9-18-7-3-4-8-18/h18H,3-16H2,1-2H3,(H2,20,21,22). The second-order valence-electron chi connectivity index (χ2n) is 7.42. The quantitative estimate of drug-likeness (QED) is 0.397. The van der Waals surface area contributed by atoms with Crippen molar-refractivity contribution in [2.45, 2.75) is 51.9 Å². The fraction of sp³-hybridized carbons (Fsp3) is 0.895. The van der Waals surface area contributed by atoms with Crippen LogP contribution in [0.2, 0.25) is 0 Å². The van der Waals surface area contributed by atoms with E-state index in [0.29, 0.717) is 0 Å². The third kappa shape index (κ3) is 7.63. The summed E-state index contributed by atoms with van der Waals surface area (Å²) in [5.74, 6) is 2.10. The van der Waals surface area contributed by atoms with Crippen molar-refractivity contribution >= 4 is 11.9 Å². The molecule has 1 amide bonds. The minimum absolute atomic E-state index is 0.190. The highest BCUT2D eigenvalue weighted by Crippen LogP contribution is 2.28. The van der Waals surface area contributed by atoms with Gasteiger partial charge in [-0.05, 0) is 12.3 Å². The lowest BCUT2D eigenvalue weighted by atomic mass is 10.0. The summed E-state index contributed by atoms with van der Waals surface area (Å²) in [7, 11) is 1.83. The van der Waals surface area contributed by atoms with E-state index in [9.17, 15) is 4.79 Å². The van der Waals surface area contributed by atoms with Crippen molar-refractivity contribution < 1.29 is 4.79 Å². The molecule has 1 heterocycles. The smallest absolute Gasteiger partial charge is 0.219 e. The summed E-state index contributed by atoms with van der Waals surface area (Å²) in [6.07, 6.45) is 9.76. The van der Waals surface area contributed by atoms with Crippen molar-refractivity contribution in [3.8, 4) is 0 Å². The predicted octanol–water partition coefficient (Wildman–Crippen LogP) is 1.68. The Bertz CT molecular complexity index is 412. The fourth-order valence-corrected chi connectivity index (χ4v) is 3.90. The lowest BCUT2D eigenvalue weighted by Crippen LogP contribution is -2.50. The Morgan fingerprint density at radius 3 is 2.36 bits per heavy atom. The van der Waals surface area contributed by atoms with Crippen LogP contribution in [0.4, 0.5) is 0 Å². The van der Waals surface area contributed by atoms with E-state index in [1.54, 1.807) is 6.92 Å². The largest absolute Gasteiger partial charge is 0.356 e. The zero-order chi connectivity index (χ0) is 17.9. The molecule has 1 saturated carbocycles. The van der Waals surface area contributed by atoms with Crippen LogP contribution in [-0.4, -0.2) is 74.5 Å². The van der Waals surface area contributed by atoms with Crippen LogP contribution >= 0.6 is 0 Å². The van der Waals surface area contributed by atoms with E-state index in [0.717, 1.165) is 57.7 Å². The van der Waals surface area contributed by atoms with Gasteiger partial charge in [0.15, 0.2) is 5.96 Å². The molecule has 6 nitrogen and oxygen atoms in total. The number of piperazine rings is 1. The van der Waals surface area contributed by atoms with Crippen LogP contribution in [-0.2, 0) is 4.79 Å². The van der Waals surface area contributed by atoms with Crippen LogP contribution in [0.15, 0.2) is 4.99 Å². The third-order valence-corrected chi connectivity index (χ3v) is 5.57. The molecule has 0 unspecified atom stereocenters. The van der Waals surface area contributed by atoms with Crippen LogP contribution in [0.25, 0.3) is 0 Å². The summed E-state index contributed by atoms with van der Waals surface area (Å²) in [6.45, 7) is 8.18. The van der Waals surface area contributed by atoms with Crippen molar-refractivity contribution in [1.82, 2.24) is 20.4 Å². The maximum Gasteiger partial charge on any atom is 0.219 e. The van der Waals surface area contributed by atoms with Crippen LogP contribution in [0.1, 0.15) is 51.9 Å². The number of amides is 1. The van der Waals surface area contributed by atoms with E-state index in [-0.39, 0.29) is 5.91 Å².